The fourth-order valence-electron chi connectivity index (χ4n) is 2.11. The van der Waals surface area contributed by atoms with Gasteiger partial charge in [0.05, 0.1) is 26.2 Å². The zero-order valence-corrected chi connectivity index (χ0v) is 13.5. The number of nitrogens with one attached hydrogen (secondary N) is 1. The number of benzene rings is 1. The summed E-state index contributed by atoms with van der Waals surface area (Å²) in [5, 5.41) is 3.14. The van der Waals surface area contributed by atoms with Gasteiger partial charge < -0.3 is 20.7 Å². The van der Waals surface area contributed by atoms with Gasteiger partial charge in [0.25, 0.3) is 0 Å². The molecule has 1 saturated heterocycles. The molecule has 1 unspecified atom stereocenters. The van der Waals surface area contributed by atoms with Gasteiger partial charge in [0.2, 0.25) is 11.8 Å². The van der Waals surface area contributed by atoms with Gasteiger partial charge in [-0.15, -0.1) is 12.4 Å². The number of nitrogens with two attached hydrogens (primary N) is 1. The van der Waals surface area contributed by atoms with Crippen LogP contribution in [0.3, 0.4) is 0 Å². The first kappa shape index (κ1) is 18.7. The zero-order chi connectivity index (χ0) is 15.2. The largest absolute Gasteiger partial charge is 0.370 e. The molecule has 0 radical (unpaired) electrons. The minimum atomic E-state index is -0.342. The van der Waals surface area contributed by atoms with E-state index in [9.17, 15) is 9.59 Å². The lowest BCUT2D eigenvalue weighted by Crippen LogP contribution is -2.47. The predicted molar refractivity (Wildman–Crippen MR) is 86.0 cm³/mol. The van der Waals surface area contributed by atoms with Crippen LogP contribution in [0, 0.1) is 0 Å². The van der Waals surface area contributed by atoms with E-state index in [4.69, 9.17) is 22.1 Å². The molecule has 1 fully saturated rings. The fourth-order valence-corrected chi connectivity index (χ4v) is 2.24. The Labute approximate surface area is 140 Å². The zero-order valence-electron chi connectivity index (χ0n) is 12.0. The molecule has 1 aliphatic rings. The molecule has 0 aromatic heterocycles. The van der Waals surface area contributed by atoms with E-state index in [1.54, 1.807) is 17.0 Å². The first-order valence-electron chi connectivity index (χ1n) is 6.71. The fraction of sp³-hybridized carbons (Fsp3) is 0.429. The number of nitrogens with zero attached hydrogens (tertiary/aromatic N) is 1. The Hall–Kier alpha value is -1.34. The average molecular weight is 348 g/mol. The van der Waals surface area contributed by atoms with Crippen LogP contribution in [0.4, 0.5) is 0 Å². The highest BCUT2D eigenvalue weighted by molar-refractivity contribution is 6.30. The van der Waals surface area contributed by atoms with E-state index in [1.165, 1.54) is 0 Å². The van der Waals surface area contributed by atoms with Gasteiger partial charge in [-0.2, -0.15) is 0 Å². The molecule has 22 heavy (non-hydrogen) atoms. The number of amides is 2. The van der Waals surface area contributed by atoms with E-state index in [1.807, 2.05) is 12.1 Å². The van der Waals surface area contributed by atoms with Crippen molar-refractivity contribution < 1.29 is 14.3 Å². The van der Waals surface area contributed by atoms with Crippen molar-refractivity contribution in [3.8, 4) is 0 Å². The Balaban J connectivity index is 0.00000242. The molecule has 8 heteroatoms. The molecule has 6 nitrogen and oxygen atoms in total. The molecule has 1 heterocycles. The number of morpholine rings is 1. The highest BCUT2D eigenvalue weighted by Crippen LogP contribution is 2.23. The van der Waals surface area contributed by atoms with E-state index in [0.717, 1.165) is 5.56 Å². The molecule has 2 amide bonds. The van der Waals surface area contributed by atoms with Gasteiger partial charge in [0.15, 0.2) is 0 Å². The summed E-state index contributed by atoms with van der Waals surface area (Å²) < 4.78 is 5.69. The molecule has 3 N–H and O–H groups in total. The van der Waals surface area contributed by atoms with E-state index < -0.39 is 0 Å². The summed E-state index contributed by atoms with van der Waals surface area (Å²) >= 11 is 5.86. The lowest BCUT2D eigenvalue weighted by molar-refractivity contribution is -0.139. The third-order valence-electron chi connectivity index (χ3n) is 3.28. The Kier molecular flexibility index (Phi) is 7.61. The van der Waals surface area contributed by atoms with Crippen LogP contribution in [0.25, 0.3) is 0 Å². The van der Waals surface area contributed by atoms with Crippen molar-refractivity contribution in [2.24, 2.45) is 5.73 Å². The molecule has 1 aliphatic heterocycles. The first-order valence-corrected chi connectivity index (χ1v) is 7.09. The number of rotatable bonds is 4. The van der Waals surface area contributed by atoms with Gasteiger partial charge in [-0.3, -0.25) is 9.59 Å². The molecule has 1 aromatic carbocycles. The van der Waals surface area contributed by atoms with Crippen LogP contribution in [0.1, 0.15) is 11.7 Å². The number of hydrogen-bond donors (Lipinski definition) is 2. The SMILES string of the molecule is Cl.NCC(=O)NCC(=O)N1CCOC(c2ccc(Cl)cc2)C1. The number of halogens is 2. The molecule has 1 atom stereocenters. The summed E-state index contributed by atoms with van der Waals surface area (Å²) in [6.45, 7) is 1.28. The van der Waals surface area contributed by atoms with Crippen LogP contribution in [-0.4, -0.2) is 49.5 Å². The molecule has 122 valence electrons. The molecular formula is C14H19Cl2N3O3. The molecule has 0 aliphatic carbocycles. The van der Waals surface area contributed by atoms with Crippen LogP contribution in [0.15, 0.2) is 24.3 Å². The van der Waals surface area contributed by atoms with Crippen LogP contribution in [-0.2, 0) is 14.3 Å². The molecule has 0 saturated carbocycles. The summed E-state index contributed by atoms with van der Waals surface area (Å²) in [6.07, 6.45) is -0.176. The predicted octanol–water partition coefficient (Wildman–Crippen LogP) is 0.737. The lowest BCUT2D eigenvalue weighted by Gasteiger charge is -2.33. The van der Waals surface area contributed by atoms with Gasteiger partial charge in [-0.1, -0.05) is 23.7 Å². The van der Waals surface area contributed by atoms with Gasteiger partial charge in [-0.05, 0) is 17.7 Å². The summed E-state index contributed by atoms with van der Waals surface area (Å²) in [4.78, 5) is 24.8. The van der Waals surface area contributed by atoms with Gasteiger partial charge in [0.1, 0.15) is 6.10 Å². The van der Waals surface area contributed by atoms with Crippen LogP contribution in [0.5, 0.6) is 0 Å². The normalized spacial score (nSPS) is 17.5. The van der Waals surface area contributed by atoms with Crippen molar-refractivity contribution in [1.29, 1.82) is 0 Å². The Bertz CT molecular complexity index is 511. The van der Waals surface area contributed by atoms with Gasteiger partial charge in [-0.25, -0.2) is 0 Å². The smallest absolute Gasteiger partial charge is 0.242 e. The van der Waals surface area contributed by atoms with E-state index >= 15 is 0 Å². The van der Waals surface area contributed by atoms with E-state index in [2.05, 4.69) is 5.32 Å². The maximum absolute atomic E-state index is 12.0. The monoisotopic (exact) mass is 347 g/mol. The Morgan fingerprint density at radius 2 is 2.05 bits per heavy atom. The topological polar surface area (TPSA) is 84.7 Å². The number of ether oxygens (including phenoxy) is 1. The molecule has 1 aromatic rings. The van der Waals surface area contributed by atoms with Crippen molar-refractivity contribution in [2.75, 3.05) is 32.8 Å². The van der Waals surface area contributed by atoms with Crippen molar-refractivity contribution >= 4 is 35.8 Å². The van der Waals surface area contributed by atoms with Gasteiger partial charge >= 0.3 is 0 Å². The number of carbonyl (C=O) groups is 2. The van der Waals surface area contributed by atoms with E-state index in [-0.39, 0.29) is 43.4 Å². The summed E-state index contributed by atoms with van der Waals surface area (Å²) in [7, 11) is 0. The first-order chi connectivity index (χ1) is 10.1. The van der Waals surface area contributed by atoms with E-state index in [0.29, 0.717) is 24.7 Å². The second kappa shape index (κ2) is 8.95. The summed E-state index contributed by atoms with van der Waals surface area (Å²) in [6, 6.07) is 7.36. The Morgan fingerprint density at radius 3 is 2.68 bits per heavy atom. The van der Waals surface area contributed by atoms with Crippen LogP contribution >= 0.6 is 24.0 Å². The molecule has 0 spiro atoms. The third-order valence-corrected chi connectivity index (χ3v) is 3.54. The summed E-state index contributed by atoms with van der Waals surface area (Å²) in [5.41, 5.74) is 6.15. The Morgan fingerprint density at radius 1 is 1.36 bits per heavy atom. The van der Waals surface area contributed by atoms with Crippen molar-refractivity contribution in [3.05, 3.63) is 34.9 Å². The molecule has 2 rings (SSSR count). The van der Waals surface area contributed by atoms with Crippen molar-refractivity contribution in [2.45, 2.75) is 6.10 Å². The minimum Gasteiger partial charge on any atom is -0.370 e. The highest BCUT2D eigenvalue weighted by Gasteiger charge is 2.25. The second-order valence-electron chi connectivity index (χ2n) is 4.73. The molecule has 0 bridgehead atoms. The highest BCUT2D eigenvalue weighted by atomic mass is 35.5. The average Bonchev–Trinajstić information content (AvgIpc) is 2.53. The molecular weight excluding hydrogens is 329 g/mol. The van der Waals surface area contributed by atoms with Gasteiger partial charge in [0, 0.05) is 11.6 Å². The van der Waals surface area contributed by atoms with Crippen molar-refractivity contribution in [1.82, 2.24) is 10.2 Å². The van der Waals surface area contributed by atoms with Crippen LogP contribution in [0.2, 0.25) is 5.02 Å². The number of hydrogen-bond acceptors (Lipinski definition) is 4. The number of carbonyl (C=O) groups excluding carboxylic acids is 2. The lowest BCUT2D eigenvalue weighted by atomic mass is 10.1. The maximum Gasteiger partial charge on any atom is 0.242 e. The second-order valence-corrected chi connectivity index (χ2v) is 5.17. The minimum absolute atomic E-state index is 0. The quantitative estimate of drug-likeness (QED) is 0.841. The summed E-state index contributed by atoms with van der Waals surface area (Å²) in [5.74, 6) is -0.482. The van der Waals surface area contributed by atoms with Crippen molar-refractivity contribution in [3.63, 3.8) is 0 Å². The van der Waals surface area contributed by atoms with Crippen LogP contribution < -0.4 is 11.1 Å². The maximum atomic E-state index is 12.0. The third kappa shape index (κ3) is 5.14. The standard InChI is InChI=1S/C14H18ClN3O3.ClH/c15-11-3-1-10(2-4-11)12-9-18(5-6-21-12)14(20)8-17-13(19)7-16;/h1-4,12H,5-9,16H2,(H,17,19);1H.